The van der Waals surface area contributed by atoms with Crippen LogP contribution in [0, 0.1) is 0 Å². The minimum Gasteiger partial charge on any atom is -0.340 e. The second-order valence-corrected chi connectivity index (χ2v) is 5.87. The number of carbonyl (C=O) groups excluding carboxylic acids is 1. The van der Waals surface area contributed by atoms with Gasteiger partial charge in [0.1, 0.15) is 0 Å². The van der Waals surface area contributed by atoms with Crippen LogP contribution in [0.4, 0.5) is 0 Å². The summed E-state index contributed by atoms with van der Waals surface area (Å²) in [6, 6.07) is 15.1. The van der Waals surface area contributed by atoms with E-state index in [-0.39, 0.29) is 5.78 Å². The Balaban J connectivity index is 1.94. The lowest BCUT2D eigenvalue weighted by atomic mass is 10.1. The molecule has 0 saturated carbocycles. The largest absolute Gasteiger partial charge is 0.340 e. The highest BCUT2D eigenvalue weighted by Gasteiger charge is 2.10. The number of halogens is 2. The first-order chi connectivity index (χ1) is 9.65. The van der Waals surface area contributed by atoms with E-state index < -0.39 is 0 Å². The summed E-state index contributed by atoms with van der Waals surface area (Å²) in [6.07, 6.45) is 1.90. The summed E-state index contributed by atoms with van der Waals surface area (Å²) in [6.45, 7) is 0.306. The number of hydrogen-bond acceptors (Lipinski definition) is 1. The van der Waals surface area contributed by atoms with Crippen molar-refractivity contribution in [2.75, 3.05) is 0 Å². The third kappa shape index (κ3) is 2.51. The first kappa shape index (κ1) is 13.4. The van der Waals surface area contributed by atoms with Crippen molar-refractivity contribution in [1.82, 2.24) is 4.57 Å². The number of aromatic nitrogens is 1. The van der Waals surface area contributed by atoms with Gasteiger partial charge in [0.15, 0.2) is 5.78 Å². The molecule has 0 amide bonds. The number of hydrogen-bond donors (Lipinski definition) is 0. The molecule has 0 N–H and O–H groups in total. The Morgan fingerprint density at radius 3 is 2.75 bits per heavy atom. The molecule has 3 rings (SSSR count). The van der Waals surface area contributed by atoms with Crippen LogP contribution in [0.25, 0.3) is 10.9 Å². The summed E-state index contributed by atoms with van der Waals surface area (Å²) in [5.41, 5.74) is 1.67. The van der Waals surface area contributed by atoms with Crippen LogP contribution in [0.1, 0.15) is 10.4 Å². The number of Topliss-reactive ketones (excluding diaryl/α,β-unsaturated/α-hetero) is 1. The maximum absolute atomic E-state index is 12.3. The van der Waals surface area contributed by atoms with Gasteiger partial charge in [0, 0.05) is 32.2 Å². The number of nitrogens with zero attached hydrogens (tertiary/aromatic N) is 1. The SMILES string of the molecule is O=C(Cn1ccc2c(Cl)cccc21)c1cccc(Br)c1. The van der Waals surface area contributed by atoms with Crippen molar-refractivity contribution < 1.29 is 4.79 Å². The van der Waals surface area contributed by atoms with Crippen LogP contribution in [0.2, 0.25) is 5.02 Å². The van der Waals surface area contributed by atoms with E-state index in [9.17, 15) is 4.79 Å². The zero-order valence-electron chi connectivity index (χ0n) is 10.5. The Kier molecular flexibility index (Phi) is 3.64. The zero-order chi connectivity index (χ0) is 14.1. The molecule has 0 bridgehead atoms. The van der Waals surface area contributed by atoms with E-state index in [2.05, 4.69) is 15.9 Å². The lowest BCUT2D eigenvalue weighted by Gasteiger charge is -2.05. The fourth-order valence-electron chi connectivity index (χ4n) is 2.23. The molecule has 0 atom stereocenters. The van der Waals surface area contributed by atoms with Gasteiger partial charge in [-0.15, -0.1) is 0 Å². The van der Waals surface area contributed by atoms with Gasteiger partial charge in [-0.3, -0.25) is 4.79 Å². The first-order valence-corrected chi connectivity index (χ1v) is 7.34. The first-order valence-electron chi connectivity index (χ1n) is 6.17. The lowest BCUT2D eigenvalue weighted by Crippen LogP contribution is -2.09. The van der Waals surface area contributed by atoms with Crippen molar-refractivity contribution in [3.05, 3.63) is 69.8 Å². The minimum atomic E-state index is 0.0729. The highest BCUT2D eigenvalue weighted by molar-refractivity contribution is 9.10. The number of rotatable bonds is 3. The lowest BCUT2D eigenvalue weighted by molar-refractivity contribution is 0.0973. The van der Waals surface area contributed by atoms with Crippen LogP contribution in [-0.4, -0.2) is 10.4 Å². The highest BCUT2D eigenvalue weighted by Crippen LogP contribution is 2.24. The molecule has 2 aromatic carbocycles. The van der Waals surface area contributed by atoms with Crippen LogP contribution in [-0.2, 0) is 6.54 Å². The van der Waals surface area contributed by atoms with Gasteiger partial charge < -0.3 is 4.57 Å². The molecular formula is C16H11BrClNO. The second kappa shape index (κ2) is 5.43. The van der Waals surface area contributed by atoms with E-state index >= 15 is 0 Å². The predicted molar refractivity (Wildman–Crippen MR) is 85.4 cm³/mol. The van der Waals surface area contributed by atoms with Crippen LogP contribution >= 0.6 is 27.5 Å². The van der Waals surface area contributed by atoms with Gasteiger partial charge in [0.05, 0.1) is 6.54 Å². The van der Waals surface area contributed by atoms with Gasteiger partial charge in [-0.25, -0.2) is 0 Å². The summed E-state index contributed by atoms with van der Waals surface area (Å²) in [7, 11) is 0. The Morgan fingerprint density at radius 2 is 1.95 bits per heavy atom. The normalized spacial score (nSPS) is 10.9. The molecule has 3 aromatic rings. The molecule has 0 aliphatic heterocycles. The Bertz CT molecular complexity index is 794. The monoisotopic (exact) mass is 347 g/mol. The van der Waals surface area contributed by atoms with Gasteiger partial charge in [0.25, 0.3) is 0 Å². The van der Waals surface area contributed by atoms with Crippen LogP contribution < -0.4 is 0 Å². The van der Waals surface area contributed by atoms with Gasteiger partial charge in [-0.1, -0.05) is 45.7 Å². The van der Waals surface area contributed by atoms with E-state index in [4.69, 9.17) is 11.6 Å². The molecule has 0 saturated heterocycles. The fraction of sp³-hybridized carbons (Fsp3) is 0.0625. The number of benzene rings is 2. The Hall–Kier alpha value is -1.58. The fourth-order valence-corrected chi connectivity index (χ4v) is 2.86. The molecule has 1 aromatic heterocycles. The van der Waals surface area contributed by atoms with Crippen molar-refractivity contribution in [1.29, 1.82) is 0 Å². The second-order valence-electron chi connectivity index (χ2n) is 4.55. The molecular weight excluding hydrogens is 338 g/mol. The summed E-state index contributed by atoms with van der Waals surface area (Å²) in [5, 5.41) is 1.67. The van der Waals surface area contributed by atoms with Gasteiger partial charge in [-0.05, 0) is 30.3 Å². The standard InChI is InChI=1S/C16H11BrClNO/c17-12-4-1-3-11(9-12)16(20)10-19-8-7-13-14(18)5-2-6-15(13)19/h1-9H,10H2. The summed E-state index contributed by atoms with van der Waals surface area (Å²) in [5.74, 6) is 0.0729. The Labute approximate surface area is 130 Å². The molecule has 4 heteroatoms. The van der Waals surface area contributed by atoms with Crippen molar-refractivity contribution >= 4 is 44.2 Å². The summed E-state index contributed by atoms with van der Waals surface area (Å²) < 4.78 is 2.83. The zero-order valence-corrected chi connectivity index (χ0v) is 12.9. The smallest absolute Gasteiger partial charge is 0.182 e. The Morgan fingerprint density at radius 1 is 1.15 bits per heavy atom. The molecule has 0 unspecified atom stereocenters. The maximum atomic E-state index is 12.3. The molecule has 20 heavy (non-hydrogen) atoms. The van der Waals surface area contributed by atoms with Crippen LogP contribution in [0.3, 0.4) is 0 Å². The quantitative estimate of drug-likeness (QED) is 0.614. The molecule has 0 radical (unpaired) electrons. The summed E-state index contributed by atoms with van der Waals surface area (Å²) >= 11 is 9.52. The molecule has 0 aliphatic rings. The molecule has 1 heterocycles. The molecule has 0 fully saturated rings. The van der Waals surface area contributed by atoms with Gasteiger partial charge in [0.2, 0.25) is 0 Å². The topological polar surface area (TPSA) is 22.0 Å². The van der Waals surface area contributed by atoms with Crippen LogP contribution in [0.5, 0.6) is 0 Å². The van der Waals surface area contributed by atoms with E-state index in [1.807, 2.05) is 59.3 Å². The average molecular weight is 349 g/mol. The highest BCUT2D eigenvalue weighted by atomic mass is 79.9. The van der Waals surface area contributed by atoms with Crippen molar-refractivity contribution in [2.24, 2.45) is 0 Å². The van der Waals surface area contributed by atoms with Gasteiger partial charge >= 0.3 is 0 Å². The van der Waals surface area contributed by atoms with E-state index in [0.717, 1.165) is 15.4 Å². The maximum Gasteiger partial charge on any atom is 0.182 e. The predicted octanol–water partition coefficient (Wildman–Crippen LogP) is 4.94. The average Bonchev–Trinajstić information content (AvgIpc) is 2.83. The van der Waals surface area contributed by atoms with E-state index in [1.54, 1.807) is 0 Å². The van der Waals surface area contributed by atoms with Crippen molar-refractivity contribution in [3.8, 4) is 0 Å². The molecule has 0 aliphatic carbocycles. The molecule has 2 nitrogen and oxygen atoms in total. The third-order valence-corrected chi connectivity index (χ3v) is 4.04. The van der Waals surface area contributed by atoms with E-state index in [0.29, 0.717) is 17.1 Å². The van der Waals surface area contributed by atoms with Gasteiger partial charge in [-0.2, -0.15) is 0 Å². The number of ketones is 1. The molecule has 0 spiro atoms. The van der Waals surface area contributed by atoms with E-state index in [1.165, 1.54) is 0 Å². The van der Waals surface area contributed by atoms with Crippen molar-refractivity contribution in [2.45, 2.75) is 6.54 Å². The third-order valence-electron chi connectivity index (χ3n) is 3.22. The number of carbonyl (C=O) groups is 1. The minimum absolute atomic E-state index is 0.0729. The van der Waals surface area contributed by atoms with Crippen LogP contribution in [0.15, 0.2) is 59.2 Å². The summed E-state index contributed by atoms with van der Waals surface area (Å²) in [4.78, 5) is 12.3. The molecule has 100 valence electrons. The van der Waals surface area contributed by atoms with Crippen molar-refractivity contribution in [3.63, 3.8) is 0 Å². The number of fused-ring (bicyclic) bond motifs is 1.